The highest BCUT2D eigenvalue weighted by Crippen LogP contribution is 2.21. The monoisotopic (exact) mass is 369 g/mol. The van der Waals surface area contributed by atoms with Crippen LogP contribution in [0.5, 0.6) is 0 Å². The van der Waals surface area contributed by atoms with Crippen molar-refractivity contribution in [3.8, 4) is 0 Å². The molecule has 1 fully saturated rings. The van der Waals surface area contributed by atoms with Crippen LogP contribution in [0.2, 0.25) is 0 Å². The third kappa shape index (κ3) is 3.88. The van der Waals surface area contributed by atoms with E-state index in [-0.39, 0.29) is 9.77 Å². The second kappa shape index (κ2) is 7.35. The van der Waals surface area contributed by atoms with Crippen molar-refractivity contribution in [3.05, 3.63) is 27.9 Å². The highest BCUT2D eigenvalue weighted by atomic mass is 32.2. The molecule has 0 amide bonds. The molecule has 2 aromatic rings. The average Bonchev–Trinajstić information content (AvgIpc) is 2.87. The van der Waals surface area contributed by atoms with E-state index in [4.69, 9.17) is 0 Å². The maximum absolute atomic E-state index is 12.4. The lowest BCUT2D eigenvalue weighted by atomic mass is 10.1. The summed E-state index contributed by atoms with van der Waals surface area (Å²) in [5.74, 6) is 0. The Bertz CT molecular complexity index is 864. The molecule has 6 nitrogen and oxygen atoms in total. The fraction of sp³-hybridized carbons (Fsp3) is 0.562. The van der Waals surface area contributed by atoms with E-state index in [0.29, 0.717) is 11.2 Å². The summed E-state index contributed by atoms with van der Waals surface area (Å²) in [6.07, 6.45) is 4.59. The molecular weight excluding hydrogens is 346 g/mol. The first kappa shape index (κ1) is 17.6. The minimum Gasteiger partial charge on any atom is -0.303 e. The predicted molar refractivity (Wildman–Crippen MR) is 97.2 cm³/mol. The van der Waals surface area contributed by atoms with Gasteiger partial charge in [0.2, 0.25) is 10.0 Å². The van der Waals surface area contributed by atoms with Crippen LogP contribution in [-0.4, -0.2) is 44.1 Å². The van der Waals surface area contributed by atoms with Gasteiger partial charge in [-0.25, -0.2) is 13.1 Å². The van der Waals surface area contributed by atoms with Gasteiger partial charge in [-0.1, -0.05) is 17.8 Å². The normalized spacial score (nSPS) is 16.7. The molecule has 1 aliphatic rings. The Balaban J connectivity index is 1.61. The van der Waals surface area contributed by atoms with Crippen molar-refractivity contribution in [2.45, 2.75) is 30.6 Å². The predicted octanol–water partition coefficient (Wildman–Crippen LogP) is 1.75. The van der Waals surface area contributed by atoms with E-state index >= 15 is 0 Å². The summed E-state index contributed by atoms with van der Waals surface area (Å²) in [6, 6.07) is 4.82. The largest absolute Gasteiger partial charge is 0.307 e. The maximum atomic E-state index is 12.4. The zero-order valence-corrected chi connectivity index (χ0v) is 15.5. The van der Waals surface area contributed by atoms with Gasteiger partial charge in [-0.05, 0) is 57.1 Å². The van der Waals surface area contributed by atoms with Gasteiger partial charge in [0, 0.05) is 13.6 Å². The number of aromatic nitrogens is 1. The summed E-state index contributed by atoms with van der Waals surface area (Å²) < 4.78 is 29.7. The Morgan fingerprint density at radius 3 is 2.71 bits per heavy atom. The number of sulfonamides is 1. The summed E-state index contributed by atoms with van der Waals surface area (Å²) >= 11 is 1.06. The summed E-state index contributed by atoms with van der Waals surface area (Å²) in [5, 5.41) is 0. The smallest absolute Gasteiger partial charge is 0.303 e. The molecule has 1 aromatic heterocycles. The van der Waals surface area contributed by atoms with Crippen molar-refractivity contribution < 1.29 is 8.42 Å². The van der Waals surface area contributed by atoms with Gasteiger partial charge in [0.25, 0.3) is 0 Å². The molecule has 0 radical (unpaired) electrons. The van der Waals surface area contributed by atoms with Gasteiger partial charge in [-0.15, -0.1) is 0 Å². The summed E-state index contributed by atoms with van der Waals surface area (Å²) in [4.78, 5) is 14.2. The second-order valence-electron chi connectivity index (χ2n) is 6.21. The maximum Gasteiger partial charge on any atom is 0.307 e. The molecule has 0 spiro atoms. The van der Waals surface area contributed by atoms with E-state index in [2.05, 4.69) is 9.62 Å². The van der Waals surface area contributed by atoms with Gasteiger partial charge in [-0.3, -0.25) is 4.79 Å². The van der Waals surface area contributed by atoms with Crippen molar-refractivity contribution in [1.82, 2.24) is 14.2 Å². The zero-order chi connectivity index (χ0) is 17.2. The molecule has 1 N–H and O–H groups in total. The highest BCUT2D eigenvalue weighted by molar-refractivity contribution is 7.89. The molecule has 1 aliphatic heterocycles. The molecule has 24 heavy (non-hydrogen) atoms. The minimum absolute atomic E-state index is 0.0889. The standard InChI is InChI=1S/C16H23N3O3S2/c1-18-14-7-6-13(12-15(14)23-16(18)20)24(21,22)17-8-5-11-19-9-3-2-4-10-19/h6-7,12,17H,2-5,8-11H2,1H3. The summed E-state index contributed by atoms with van der Waals surface area (Å²) in [6.45, 7) is 3.61. The van der Waals surface area contributed by atoms with Crippen LogP contribution in [-0.2, 0) is 17.1 Å². The fourth-order valence-corrected chi connectivity index (χ4v) is 5.15. The molecule has 0 bridgehead atoms. The molecular formula is C16H23N3O3S2. The van der Waals surface area contributed by atoms with Gasteiger partial charge in [0.05, 0.1) is 15.1 Å². The lowest BCUT2D eigenvalue weighted by molar-refractivity contribution is 0.227. The number of fused-ring (bicyclic) bond motifs is 1. The number of hydrogen-bond donors (Lipinski definition) is 1. The average molecular weight is 370 g/mol. The molecule has 0 unspecified atom stereocenters. The van der Waals surface area contributed by atoms with Crippen LogP contribution >= 0.6 is 11.3 Å². The van der Waals surface area contributed by atoms with E-state index in [1.807, 2.05) is 0 Å². The van der Waals surface area contributed by atoms with Crippen LogP contribution in [0.3, 0.4) is 0 Å². The lowest BCUT2D eigenvalue weighted by Gasteiger charge is -2.26. The first-order valence-corrected chi connectivity index (χ1v) is 10.6. The number of piperidine rings is 1. The number of nitrogens with zero attached hydrogens (tertiary/aromatic N) is 2. The Morgan fingerprint density at radius 2 is 1.96 bits per heavy atom. The van der Waals surface area contributed by atoms with Gasteiger partial charge in [0.15, 0.2) is 0 Å². The van der Waals surface area contributed by atoms with Crippen molar-refractivity contribution in [3.63, 3.8) is 0 Å². The highest BCUT2D eigenvalue weighted by Gasteiger charge is 2.16. The number of likely N-dealkylation sites (tertiary alicyclic amines) is 1. The number of benzene rings is 1. The van der Waals surface area contributed by atoms with E-state index < -0.39 is 10.0 Å². The van der Waals surface area contributed by atoms with Crippen LogP contribution in [0.4, 0.5) is 0 Å². The fourth-order valence-electron chi connectivity index (χ4n) is 3.06. The molecule has 0 atom stereocenters. The molecule has 3 rings (SSSR count). The molecule has 8 heteroatoms. The topological polar surface area (TPSA) is 71.4 Å². The quantitative estimate of drug-likeness (QED) is 0.788. The van der Waals surface area contributed by atoms with Crippen LogP contribution in [0.1, 0.15) is 25.7 Å². The molecule has 1 saturated heterocycles. The molecule has 1 aromatic carbocycles. The lowest BCUT2D eigenvalue weighted by Crippen LogP contribution is -2.33. The SMILES string of the molecule is Cn1c(=O)sc2cc(S(=O)(=O)NCCCN3CCCCC3)ccc21. The van der Waals surface area contributed by atoms with Crippen molar-refractivity contribution in [2.75, 3.05) is 26.2 Å². The second-order valence-corrected chi connectivity index (χ2v) is 8.97. The Labute approximate surface area is 146 Å². The summed E-state index contributed by atoms with van der Waals surface area (Å²) in [5.41, 5.74) is 0.758. The van der Waals surface area contributed by atoms with Crippen LogP contribution in [0.25, 0.3) is 10.2 Å². The number of aryl methyl sites for hydroxylation is 1. The number of nitrogens with one attached hydrogen (secondary N) is 1. The Kier molecular flexibility index (Phi) is 5.39. The molecule has 0 saturated carbocycles. The summed E-state index contributed by atoms with van der Waals surface area (Å²) in [7, 11) is -1.84. The van der Waals surface area contributed by atoms with Gasteiger partial charge >= 0.3 is 4.87 Å². The Morgan fingerprint density at radius 1 is 1.21 bits per heavy atom. The number of hydrogen-bond acceptors (Lipinski definition) is 5. The van der Waals surface area contributed by atoms with Crippen LogP contribution in [0.15, 0.2) is 27.9 Å². The zero-order valence-electron chi connectivity index (χ0n) is 13.8. The van der Waals surface area contributed by atoms with E-state index in [1.165, 1.54) is 23.8 Å². The number of thiazole rings is 1. The number of rotatable bonds is 6. The molecule has 0 aliphatic carbocycles. The molecule has 132 valence electrons. The third-order valence-electron chi connectivity index (χ3n) is 4.47. The van der Waals surface area contributed by atoms with Gasteiger partial charge in [-0.2, -0.15) is 0 Å². The van der Waals surface area contributed by atoms with Crippen molar-refractivity contribution in [2.24, 2.45) is 7.05 Å². The van der Waals surface area contributed by atoms with Crippen molar-refractivity contribution in [1.29, 1.82) is 0 Å². The third-order valence-corrected chi connectivity index (χ3v) is 6.92. The first-order valence-electron chi connectivity index (χ1n) is 8.29. The van der Waals surface area contributed by atoms with E-state index in [1.54, 1.807) is 25.2 Å². The molecule has 2 heterocycles. The van der Waals surface area contributed by atoms with Crippen LogP contribution < -0.4 is 9.60 Å². The van der Waals surface area contributed by atoms with E-state index in [0.717, 1.165) is 42.9 Å². The van der Waals surface area contributed by atoms with Crippen molar-refractivity contribution >= 4 is 31.6 Å². The van der Waals surface area contributed by atoms with Gasteiger partial charge in [0.1, 0.15) is 0 Å². The minimum atomic E-state index is -3.53. The van der Waals surface area contributed by atoms with E-state index in [9.17, 15) is 13.2 Å². The van der Waals surface area contributed by atoms with Gasteiger partial charge < -0.3 is 9.47 Å². The Hall–Kier alpha value is -1.22. The first-order chi connectivity index (χ1) is 11.5. The van der Waals surface area contributed by atoms with Crippen LogP contribution in [0, 0.1) is 0 Å².